The summed E-state index contributed by atoms with van der Waals surface area (Å²) < 4.78 is 0. The first-order valence-corrected chi connectivity index (χ1v) is 6.08. The Kier molecular flexibility index (Phi) is 3.38. The highest BCUT2D eigenvalue weighted by Gasteiger charge is 2.19. The molecule has 15 heavy (non-hydrogen) atoms. The van der Waals surface area contributed by atoms with Gasteiger partial charge >= 0.3 is 0 Å². The molecule has 2 heterocycles. The lowest BCUT2D eigenvalue weighted by atomic mass is 9.99. The normalized spacial score (nSPS) is 16.1. The Morgan fingerprint density at radius 1 is 1.60 bits per heavy atom. The molecule has 0 spiro atoms. The summed E-state index contributed by atoms with van der Waals surface area (Å²) in [7, 11) is 0. The molecule has 0 unspecified atom stereocenters. The Balaban J connectivity index is 1.70. The van der Waals surface area contributed by atoms with Crippen LogP contribution in [0.5, 0.6) is 0 Å². The van der Waals surface area contributed by atoms with Crippen LogP contribution in [-0.4, -0.2) is 19.0 Å². The minimum Gasteiger partial charge on any atom is -0.351 e. The van der Waals surface area contributed by atoms with E-state index in [9.17, 15) is 4.79 Å². The second kappa shape index (κ2) is 4.77. The summed E-state index contributed by atoms with van der Waals surface area (Å²) in [4.78, 5) is 14.0. The number of carbonyl (C=O) groups excluding carboxylic acids is 1. The van der Waals surface area contributed by atoms with Crippen LogP contribution >= 0.6 is 11.3 Å². The summed E-state index contributed by atoms with van der Waals surface area (Å²) in [6, 6.07) is 4.16. The van der Waals surface area contributed by atoms with Crippen LogP contribution in [0.15, 0.2) is 12.1 Å². The smallest absolute Gasteiger partial charge is 0.220 e. The fraction of sp³-hybridized carbons (Fsp3) is 0.545. The SMILES string of the molecule is Cc1ccc(CNC(=O)CC2CNC2)s1. The van der Waals surface area contributed by atoms with Gasteiger partial charge in [-0.3, -0.25) is 4.79 Å². The monoisotopic (exact) mass is 224 g/mol. The first-order chi connectivity index (χ1) is 7.24. The minimum atomic E-state index is 0.174. The molecule has 0 saturated carbocycles. The van der Waals surface area contributed by atoms with Crippen molar-refractivity contribution < 1.29 is 4.79 Å². The van der Waals surface area contributed by atoms with Crippen LogP contribution in [0.1, 0.15) is 16.2 Å². The van der Waals surface area contributed by atoms with Crippen molar-refractivity contribution in [1.82, 2.24) is 10.6 Å². The van der Waals surface area contributed by atoms with E-state index in [4.69, 9.17) is 0 Å². The average Bonchev–Trinajstić information content (AvgIpc) is 2.55. The molecular formula is C11H16N2OS. The van der Waals surface area contributed by atoms with E-state index >= 15 is 0 Å². The summed E-state index contributed by atoms with van der Waals surface area (Å²) in [5.41, 5.74) is 0. The standard InChI is InChI=1S/C11H16N2OS/c1-8-2-3-10(15-8)7-13-11(14)4-9-5-12-6-9/h2-3,9,12H,4-7H2,1H3,(H,13,14). The molecule has 2 N–H and O–H groups in total. The number of hydrogen-bond acceptors (Lipinski definition) is 3. The molecule has 1 aromatic heterocycles. The van der Waals surface area contributed by atoms with Crippen LogP contribution in [0, 0.1) is 12.8 Å². The van der Waals surface area contributed by atoms with Gasteiger partial charge in [0.25, 0.3) is 0 Å². The molecule has 82 valence electrons. The van der Waals surface area contributed by atoms with Gasteiger partial charge in [0, 0.05) is 16.2 Å². The molecule has 1 aliphatic rings. The predicted octanol–water partition coefficient (Wildman–Crippen LogP) is 1.28. The molecule has 0 aromatic carbocycles. The summed E-state index contributed by atoms with van der Waals surface area (Å²) >= 11 is 1.74. The number of nitrogens with one attached hydrogen (secondary N) is 2. The second-order valence-electron chi connectivity index (χ2n) is 4.02. The largest absolute Gasteiger partial charge is 0.351 e. The molecule has 1 fully saturated rings. The van der Waals surface area contributed by atoms with Crippen molar-refractivity contribution in [2.24, 2.45) is 5.92 Å². The van der Waals surface area contributed by atoms with Gasteiger partial charge in [-0.05, 0) is 38.1 Å². The van der Waals surface area contributed by atoms with E-state index in [0.29, 0.717) is 18.9 Å². The molecule has 4 heteroatoms. The maximum absolute atomic E-state index is 11.5. The lowest BCUT2D eigenvalue weighted by molar-refractivity contribution is -0.122. The summed E-state index contributed by atoms with van der Waals surface area (Å²) in [5.74, 6) is 0.725. The maximum Gasteiger partial charge on any atom is 0.220 e. The highest BCUT2D eigenvalue weighted by molar-refractivity contribution is 7.11. The first kappa shape index (κ1) is 10.6. The van der Waals surface area contributed by atoms with E-state index in [1.165, 1.54) is 9.75 Å². The van der Waals surface area contributed by atoms with Crippen LogP contribution in [0.2, 0.25) is 0 Å². The zero-order valence-corrected chi connectivity index (χ0v) is 9.69. The lowest BCUT2D eigenvalue weighted by Gasteiger charge is -2.26. The maximum atomic E-state index is 11.5. The van der Waals surface area contributed by atoms with Crippen molar-refractivity contribution >= 4 is 17.2 Å². The molecular weight excluding hydrogens is 208 g/mol. The molecule has 0 atom stereocenters. The summed E-state index contributed by atoms with van der Waals surface area (Å²) in [6.07, 6.45) is 0.664. The number of aryl methyl sites for hydroxylation is 1. The van der Waals surface area contributed by atoms with Crippen LogP contribution in [0.3, 0.4) is 0 Å². The van der Waals surface area contributed by atoms with Gasteiger partial charge in [-0.15, -0.1) is 11.3 Å². The van der Waals surface area contributed by atoms with Gasteiger partial charge in [0.15, 0.2) is 0 Å². The van der Waals surface area contributed by atoms with Crippen molar-refractivity contribution in [1.29, 1.82) is 0 Å². The minimum absolute atomic E-state index is 0.174. The topological polar surface area (TPSA) is 41.1 Å². The van der Waals surface area contributed by atoms with Crippen molar-refractivity contribution in [2.45, 2.75) is 19.9 Å². The predicted molar refractivity (Wildman–Crippen MR) is 61.9 cm³/mol. The Labute approximate surface area is 93.9 Å². The van der Waals surface area contributed by atoms with Gasteiger partial charge in [0.05, 0.1) is 6.54 Å². The van der Waals surface area contributed by atoms with Gasteiger partial charge in [0.1, 0.15) is 0 Å². The van der Waals surface area contributed by atoms with E-state index in [2.05, 4.69) is 29.7 Å². The third-order valence-electron chi connectivity index (χ3n) is 2.60. The zero-order chi connectivity index (χ0) is 10.7. The molecule has 1 amide bonds. The highest BCUT2D eigenvalue weighted by Crippen LogP contribution is 2.14. The molecule has 1 aromatic rings. The first-order valence-electron chi connectivity index (χ1n) is 5.27. The number of rotatable bonds is 4. The van der Waals surface area contributed by atoms with Crippen molar-refractivity contribution in [3.8, 4) is 0 Å². The van der Waals surface area contributed by atoms with E-state index in [-0.39, 0.29) is 5.91 Å². The van der Waals surface area contributed by atoms with Gasteiger partial charge in [-0.2, -0.15) is 0 Å². The van der Waals surface area contributed by atoms with Gasteiger partial charge < -0.3 is 10.6 Å². The summed E-state index contributed by atoms with van der Waals surface area (Å²) in [5, 5.41) is 6.12. The fourth-order valence-corrected chi connectivity index (χ4v) is 2.42. The fourth-order valence-electron chi connectivity index (χ4n) is 1.59. The lowest BCUT2D eigenvalue weighted by Crippen LogP contribution is -2.44. The molecule has 3 nitrogen and oxygen atoms in total. The number of thiophene rings is 1. The van der Waals surface area contributed by atoms with E-state index in [0.717, 1.165) is 13.1 Å². The Bertz CT molecular complexity index is 344. The molecule has 0 bridgehead atoms. The van der Waals surface area contributed by atoms with E-state index in [1.807, 2.05) is 0 Å². The number of carbonyl (C=O) groups is 1. The molecule has 0 aliphatic carbocycles. The van der Waals surface area contributed by atoms with Gasteiger partial charge in [-0.1, -0.05) is 0 Å². The quantitative estimate of drug-likeness (QED) is 0.809. The second-order valence-corrected chi connectivity index (χ2v) is 5.39. The van der Waals surface area contributed by atoms with Crippen LogP contribution in [0.25, 0.3) is 0 Å². The third-order valence-corrected chi connectivity index (χ3v) is 3.60. The van der Waals surface area contributed by atoms with Gasteiger partial charge in [0.2, 0.25) is 5.91 Å². The molecule has 2 rings (SSSR count). The van der Waals surface area contributed by atoms with Crippen molar-refractivity contribution in [2.75, 3.05) is 13.1 Å². The third kappa shape index (κ3) is 3.04. The Morgan fingerprint density at radius 3 is 2.93 bits per heavy atom. The van der Waals surface area contributed by atoms with Crippen LogP contribution < -0.4 is 10.6 Å². The average molecular weight is 224 g/mol. The number of hydrogen-bond donors (Lipinski definition) is 2. The van der Waals surface area contributed by atoms with Crippen molar-refractivity contribution in [3.05, 3.63) is 21.9 Å². The van der Waals surface area contributed by atoms with Crippen LogP contribution in [-0.2, 0) is 11.3 Å². The Morgan fingerprint density at radius 2 is 2.40 bits per heavy atom. The highest BCUT2D eigenvalue weighted by atomic mass is 32.1. The van der Waals surface area contributed by atoms with E-state index < -0.39 is 0 Å². The number of amides is 1. The molecule has 0 radical (unpaired) electrons. The van der Waals surface area contributed by atoms with Crippen LogP contribution in [0.4, 0.5) is 0 Å². The van der Waals surface area contributed by atoms with Crippen molar-refractivity contribution in [3.63, 3.8) is 0 Å². The molecule has 1 aliphatic heterocycles. The Hall–Kier alpha value is -0.870. The summed E-state index contributed by atoms with van der Waals surface area (Å²) in [6.45, 7) is 4.74. The zero-order valence-electron chi connectivity index (χ0n) is 8.88. The van der Waals surface area contributed by atoms with E-state index in [1.54, 1.807) is 11.3 Å². The molecule has 1 saturated heterocycles. The van der Waals surface area contributed by atoms with Gasteiger partial charge in [-0.25, -0.2) is 0 Å².